The van der Waals surface area contributed by atoms with Crippen LogP contribution in [0.15, 0.2) is 0 Å². The molecule has 0 saturated carbocycles. The molecule has 2 unspecified atom stereocenters. The third kappa shape index (κ3) is 3.20. The van der Waals surface area contributed by atoms with Crippen molar-refractivity contribution in [1.82, 2.24) is 5.32 Å². The van der Waals surface area contributed by atoms with E-state index in [0.717, 1.165) is 0 Å². The number of methoxy groups -OCH3 is 1. The van der Waals surface area contributed by atoms with Crippen molar-refractivity contribution >= 4 is 11.9 Å². The molecule has 0 spiro atoms. The smallest absolute Gasteiger partial charge is 0.310 e. The van der Waals surface area contributed by atoms with E-state index in [-0.39, 0.29) is 23.8 Å². The molecule has 5 heteroatoms. The standard InChI is InChI=1S/C10H17NO4/c1-3-15-10(13)8-4-7(5-11-6-8)9(12)14-2/h7-8,11H,3-6H2,1-2H3. The van der Waals surface area contributed by atoms with Gasteiger partial charge in [0.15, 0.2) is 0 Å². The van der Waals surface area contributed by atoms with Crippen molar-refractivity contribution in [2.75, 3.05) is 26.8 Å². The number of hydrogen-bond acceptors (Lipinski definition) is 5. The molecule has 1 fully saturated rings. The van der Waals surface area contributed by atoms with Crippen LogP contribution >= 0.6 is 0 Å². The van der Waals surface area contributed by atoms with Crippen molar-refractivity contribution in [2.24, 2.45) is 11.8 Å². The maximum absolute atomic E-state index is 11.4. The molecule has 2 atom stereocenters. The zero-order chi connectivity index (χ0) is 11.3. The lowest BCUT2D eigenvalue weighted by molar-refractivity contribution is -0.152. The number of esters is 2. The van der Waals surface area contributed by atoms with Gasteiger partial charge in [0.25, 0.3) is 0 Å². The van der Waals surface area contributed by atoms with E-state index < -0.39 is 0 Å². The first kappa shape index (κ1) is 12.0. The fourth-order valence-electron chi connectivity index (χ4n) is 1.73. The maximum Gasteiger partial charge on any atom is 0.310 e. The molecule has 0 aliphatic carbocycles. The monoisotopic (exact) mass is 215 g/mol. The maximum atomic E-state index is 11.4. The van der Waals surface area contributed by atoms with Crippen molar-refractivity contribution in [2.45, 2.75) is 13.3 Å². The first-order valence-corrected chi connectivity index (χ1v) is 5.14. The Balaban J connectivity index is 2.48. The summed E-state index contributed by atoms with van der Waals surface area (Å²) >= 11 is 0. The Morgan fingerprint density at radius 2 is 1.87 bits per heavy atom. The van der Waals surface area contributed by atoms with Crippen molar-refractivity contribution in [3.8, 4) is 0 Å². The highest BCUT2D eigenvalue weighted by Crippen LogP contribution is 2.18. The largest absolute Gasteiger partial charge is 0.469 e. The summed E-state index contributed by atoms with van der Waals surface area (Å²) in [6.45, 7) is 3.29. The van der Waals surface area contributed by atoms with Gasteiger partial charge in [-0.3, -0.25) is 9.59 Å². The summed E-state index contributed by atoms with van der Waals surface area (Å²) in [7, 11) is 1.36. The Kier molecular flexibility index (Phi) is 4.55. The van der Waals surface area contributed by atoms with E-state index in [2.05, 4.69) is 10.1 Å². The van der Waals surface area contributed by atoms with E-state index in [0.29, 0.717) is 26.1 Å². The second-order valence-corrected chi connectivity index (χ2v) is 3.56. The van der Waals surface area contributed by atoms with Gasteiger partial charge in [0.2, 0.25) is 0 Å². The van der Waals surface area contributed by atoms with Crippen LogP contribution in [0.4, 0.5) is 0 Å². The Morgan fingerprint density at radius 3 is 2.40 bits per heavy atom. The van der Waals surface area contributed by atoms with Crippen LogP contribution in [0, 0.1) is 11.8 Å². The molecule has 5 nitrogen and oxygen atoms in total. The average molecular weight is 215 g/mol. The van der Waals surface area contributed by atoms with Crippen LogP contribution < -0.4 is 5.32 Å². The minimum atomic E-state index is -0.267. The summed E-state index contributed by atoms with van der Waals surface area (Å²) in [5, 5.41) is 3.04. The number of nitrogens with one attached hydrogen (secondary N) is 1. The van der Waals surface area contributed by atoms with Gasteiger partial charge in [-0.1, -0.05) is 0 Å². The number of carbonyl (C=O) groups excluding carboxylic acids is 2. The van der Waals surface area contributed by atoms with E-state index in [4.69, 9.17) is 4.74 Å². The molecule has 1 aliphatic rings. The predicted octanol–water partition coefficient (Wildman–Crippen LogP) is -0.0518. The Hall–Kier alpha value is -1.10. The SMILES string of the molecule is CCOC(=O)C1CNCC(C(=O)OC)C1. The summed E-state index contributed by atoms with van der Waals surface area (Å²) in [6.07, 6.45) is 0.512. The molecular weight excluding hydrogens is 198 g/mol. The molecule has 0 bridgehead atoms. The molecule has 0 aromatic rings. The van der Waals surface area contributed by atoms with Gasteiger partial charge in [-0.15, -0.1) is 0 Å². The number of rotatable bonds is 3. The summed E-state index contributed by atoms with van der Waals surface area (Å²) in [5.74, 6) is -0.976. The Morgan fingerprint density at radius 1 is 1.27 bits per heavy atom. The molecule has 0 aromatic heterocycles. The molecule has 86 valence electrons. The fourth-order valence-corrected chi connectivity index (χ4v) is 1.73. The summed E-state index contributed by atoms with van der Waals surface area (Å²) in [5.41, 5.74) is 0. The van der Waals surface area contributed by atoms with E-state index in [1.807, 2.05) is 0 Å². The van der Waals surface area contributed by atoms with Gasteiger partial charge in [-0.2, -0.15) is 0 Å². The fraction of sp³-hybridized carbons (Fsp3) is 0.800. The molecule has 1 aliphatic heterocycles. The summed E-state index contributed by atoms with van der Waals surface area (Å²) in [6, 6.07) is 0. The van der Waals surface area contributed by atoms with E-state index in [1.165, 1.54) is 7.11 Å². The highest BCUT2D eigenvalue weighted by molar-refractivity contribution is 5.76. The highest BCUT2D eigenvalue weighted by Gasteiger charge is 2.32. The molecule has 1 saturated heterocycles. The van der Waals surface area contributed by atoms with Crippen molar-refractivity contribution in [3.63, 3.8) is 0 Å². The topological polar surface area (TPSA) is 64.6 Å². The second-order valence-electron chi connectivity index (χ2n) is 3.56. The molecule has 1 heterocycles. The molecule has 0 amide bonds. The van der Waals surface area contributed by atoms with Crippen LogP contribution in [0.3, 0.4) is 0 Å². The van der Waals surface area contributed by atoms with Crippen LogP contribution in [-0.2, 0) is 19.1 Å². The lowest BCUT2D eigenvalue weighted by atomic mass is 9.90. The minimum Gasteiger partial charge on any atom is -0.469 e. The van der Waals surface area contributed by atoms with Gasteiger partial charge in [0.05, 0.1) is 25.6 Å². The first-order chi connectivity index (χ1) is 7.19. The van der Waals surface area contributed by atoms with Crippen molar-refractivity contribution < 1.29 is 19.1 Å². The Labute approximate surface area is 89.1 Å². The van der Waals surface area contributed by atoms with Gasteiger partial charge >= 0.3 is 11.9 Å². The van der Waals surface area contributed by atoms with E-state index in [1.54, 1.807) is 6.92 Å². The van der Waals surface area contributed by atoms with Gasteiger partial charge in [-0.25, -0.2) is 0 Å². The number of ether oxygens (including phenoxy) is 2. The molecule has 1 N–H and O–H groups in total. The van der Waals surface area contributed by atoms with Gasteiger partial charge in [0, 0.05) is 13.1 Å². The first-order valence-electron chi connectivity index (χ1n) is 5.14. The molecule has 1 rings (SSSR count). The van der Waals surface area contributed by atoms with Crippen LogP contribution in [0.1, 0.15) is 13.3 Å². The summed E-state index contributed by atoms with van der Waals surface area (Å²) in [4.78, 5) is 22.7. The summed E-state index contributed by atoms with van der Waals surface area (Å²) < 4.78 is 9.56. The lowest BCUT2D eigenvalue weighted by Crippen LogP contribution is -2.43. The molecule has 0 radical (unpaired) electrons. The van der Waals surface area contributed by atoms with Gasteiger partial charge < -0.3 is 14.8 Å². The number of carbonyl (C=O) groups is 2. The normalized spacial score (nSPS) is 25.7. The zero-order valence-electron chi connectivity index (χ0n) is 9.12. The molecule has 15 heavy (non-hydrogen) atoms. The van der Waals surface area contributed by atoms with Crippen LogP contribution in [0.25, 0.3) is 0 Å². The van der Waals surface area contributed by atoms with Crippen LogP contribution in [-0.4, -0.2) is 38.7 Å². The lowest BCUT2D eigenvalue weighted by Gasteiger charge is -2.26. The van der Waals surface area contributed by atoms with E-state index >= 15 is 0 Å². The third-order valence-corrected chi connectivity index (χ3v) is 2.50. The zero-order valence-corrected chi connectivity index (χ0v) is 9.12. The van der Waals surface area contributed by atoms with Crippen molar-refractivity contribution in [1.29, 1.82) is 0 Å². The Bertz CT molecular complexity index is 242. The predicted molar refractivity (Wildman–Crippen MR) is 53.1 cm³/mol. The van der Waals surface area contributed by atoms with E-state index in [9.17, 15) is 9.59 Å². The molecular formula is C10H17NO4. The third-order valence-electron chi connectivity index (χ3n) is 2.50. The van der Waals surface area contributed by atoms with Crippen LogP contribution in [0.5, 0.6) is 0 Å². The second kappa shape index (κ2) is 5.70. The minimum absolute atomic E-state index is 0.234. The number of piperidine rings is 1. The average Bonchev–Trinajstić information content (AvgIpc) is 2.28. The number of hydrogen-bond donors (Lipinski definition) is 1. The van der Waals surface area contributed by atoms with Gasteiger partial charge in [0.1, 0.15) is 0 Å². The highest BCUT2D eigenvalue weighted by atomic mass is 16.5. The van der Waals surface area contributed by atoms with Crippen molar-refractivity contribution in [3.05, 3.63) is 0 Å². The quantitative estimate of drug-likeness (QED) is 0.669. The molecule has 0 aromatic carbocycles. The van der Waals surface area contributed by atoms with Gasteiger partial charge in [-0.05, 0) is 13.3 Å². The van der Waals surface area contributed by atoms with Crippen LogP contribution in [0.2, 0.25) is 0 Å².